The Bertz CT molecular complexity index is 105. The third kappa shape index (κ3) is 5.96. The number of hydrogen-bond donors (Lipinski definition) is 0. The molecule has 2 atom stereocenters. The van der Waals surface area contributed by atoms with E-state index in [-0.39, 0.29) is 12.6 Å². The topological polar surface area (TPSA) is 27.7 Å². The van der Waals surface area contributed by atoms with Crippen LogP contribution in [-0.2, 0) is 13.9 Å². The maximum Gasteiger partial charge on any atom is 0.179 e. The van der Waals surface area contributed by atoms with Crippen LogP contribution in [0.3, 0.4) is 0 Å². The molecule has 2 unspecified atom stereocenters. The van der Waals surface area contributed by atoms with E-state index in [9.17, 15) is 0 Å². The molecule has 0 radical (unpaired) electrons. The van der Waals surface area contributed by atoms with Gasteiger partial charge in [-0.2, -0.15) is 0 Å². The van der Waals surface area contributed by atoms with Gasteiger partial charge < -0.3 is 13.9 Å². The Morgan fingerprint density at radius 3 is 2.58 bits per heavy atom. The highest BCUT2D eigenvalue weighted by Crippen LogP contribution is 2.04. The number of ether oxygens (including phenoxy) is 2. The highest BCUT2D eigenvalue weighted by molar-refractivity contribution is 6.45. The van der Waals surface area contributed by atoms with Crippen LogP contribution in [-0.4, -0.2) is 35.0 Å². The van der Waals surface area contributed by atoms with Crippen molar-refractivity contribution in [2.24, 2.45) is 0 Å². The number of methoxy groups -OCH3 is 1. The lowest BCUT2D eigenvalue weighted by Crippen LogP contribution is -2.25. The van der Waals surface area contributed by atoms with Crippen LogP contribution in [0.5, 0.6) is 0 Å². The van der Waals surface area contributed by atoms with Crippen LogP contribution in [0.1, 0.15) is 20.3 Å². The first-order valence-electron chi connectivity index (χ1n) is 4.10. The fourth-order valence-corrected chi connectivity index (χ4v) is 1.63. The zero-order chi connectivity index (χ0) is 9.40. The van der Waals surface area contributed by atoms with Crippen molar-refractivity contribution in [3.8, 4) is 0 Å². The molecule has 0 aromatic heterocycles. The number of alkyl halides is 1. The summed E-state index contributed by atoms with van der Waals surface area (Å²) >= 11 is 5.52. The van der Waals surface area contributed by atoms with Crippen molar-refractivity contribution < 1.29 is 13.9 Å². The lowest BCUT2D eigenvalue weighted by Gasteiger charge is -2.20. The summed E-state index contributed by atoms with van der Waals surface area (Å²) in [5.41, 5.74) is 0.626. The minimum atomic E-state index is -0.602. The summed E-state index contributed by atoms with van der Waals surface area (Å²) in [7, 11) is 1.01. The first-order chi connectivity index (χ1) is 5.74. The molecule has 3 nitrogen and oxygen atoms in total. The molecule has 0 spiro atoms. The fraction of sp³-hybridized carbons (Fsp3) is 1.00. The van der Waals surface area contributed by atoms with Crippen molar-refractivity contribution in [2.45, 2.75) is 32.8 Å². The Morgan fingerprint density at radius 1 is 1.50 bits per heavy atom. The first-order valence-corrected chi connectivity index (χ1v) is 6.21. The van der Waals surface area contributed by atoms with E-state index in [0.29, 0.717) is 5.50 Å². The van der Waals surface area contributed by atoms with Crippen molar-refractivity contribution in [1.29, 1.82) is 0 Å². The first kappa shape index (κ1) is 12.4. The molecule has 0 bridgehead atoms. The quantitative estimate of drug-likeness (QED) is 0.359. The van der Waals surface area contributed by atoms with E-state index < -0.39 is 9.76 Å². The Morgan fingerprint density at radius 2 is 2.17 bits per heavy atom. The van der Waals surface area contributed by atoms with Gasteiger partial charge >= 0.3 is 0 Å². The molecule has 0 aliphatic heterocycles. The summed E-state index contributed by atoms with van der Waals surface area (Å²) in [4.78, 5) is 0. The van der Waals surface area contributed by atoms with E-state index in [4.69, 9.17) is 25.5 Å². The van der Waals surface area contributed by atoms with Crippen LogP contribution in [0.25, 0.3) is 0 Å². The molecule has 0 aromatic rings. The van der Waals surface area contributed by atoms with Gasteiger partial charge in [0.05, 0.1) is 0 Å². The molecule has 0 aromatic carbocycles. The van der Waals surface area contributed by atoms with Gasteiger partial charge in [-0.15, -0.1) is 11.6 Å². The highest BCUT2D eigenvalue weighted by atomic mass is 35.5. The van der Waals surface area contributed by atoms with Crippen molar-refractivity contribution in [3.05, 3.63) is 0 Å². The normalized spacial score (nSPS) is 17.0. The average Bonchev–Trinajstić information content (AvgIpc) is 2.11. The van der Waals surface area contributed by atoms with Gasteiger partial charge in [0.1, 0.15) is 6.29 Å². The van der Waals surface area contributed by atoms with Crippen LogP contribution < -0.4 is 0 Å². The molecule has 0 aliphatic rings. The van der Waals surface area contributed by atoms with Gasteiger partial charge in [0, 0.05) is 12.6 Å². The second-order valence-electron chi connectivity index (χ2n) is 2.34. The van der Waals surface area contributed by atoms with Crippen LogP contribution in [0.2, 0.25) is 0 Å². The fourth-order valence-electron chi connectivity index (χ4n) is 0.699. The molecule has 0 aliphatic carbocycles. The number of rotatable bonds is 7. The van der Waals surface area contributed by atoms with E-state index in [2.05, 4.69) is 0 Å². The smallest absolute Gasteiger partial charge is 0.179 e. The Balaban J connectivity index is 3.51. The Hall–Kier alpha value is 0.387. The lowest BCUT2D eigenvalue weighted by molar-refractivity contribution is -0.201. The molecule has 0 saturated carbocycles. The zero-order valence-corrected chi connectivity index (χ0v) is 10.0. The average molecular weight is 213 g/mol. The minimum Gasteiger partial charge on any atom is -0.398 e. The largest absolute Gasteiger partial charge is 0.398 e. The van der Waals surface area contributed by atoms with Gasteiger partial charge in [-0.1, -0.05) is 6.92 Å². The van der Waals surface area contributed by atoms with Gasteiger partial charge in [0.2, 0.25) is 0 Å². The van der Waals surface area contributed by atoms with Crippen molar-refractivity contribution in [2.75, 3.05) is 12.6 Å². The summed E-state index contributed by atoms with van der Waals surface area (Å²) in [6.45, 7) is 3.85. The maximum atomic E-state index is 5.52. The van der Waals surface area contributed by atoms with E-state index >= 15 is 0 Å². The molecule has 0 fully saturated rings. The summed E-state index contributed by atoms with van der Waals surface area (Å²) in [5, 5.41) is 0. The van der Waals surface area contributed by atoms with E-state index in [1.54, 1.807) is 7.11 Å². The molecule has 0 rings (SSSR count). The third-order valence-electron chi connectivity index (χ3n) is 1.39. The van der Waals surface area contributed by atoms with Gasteiger partial charge in [-0.25, -0.2) is 0 Å². The van der Waals surface area contributed by atoms with E-state index in [1.807, 2.05) is 13.8 Å². The van der Waals surface area contributed by atoms with Crippen molar-refractivity contribution in [3.63, 3.8) is 0 Å². The second kappa shape index (κ2) is 8.01. The number of halogens is 1. The third-order valence-corrected chi connectivity index (χ3v) is 2.61. The summed E-state index contributed by atoms with van der Waals surface area (Å²) in [6, 6.07) is 0. The second-order valence-corrected chi connectivity index (χ2v) is 4.59. The van der Waals surface area contributed by atoms with Gasteiger partial charge in [-0.3, -0.25) is 0 Å². The zero-order valence-electron chi connectivity index (χ0n) is 7.88. The Labute approximate surface area is 81.3 Å². The van der Waals surface area contributed by atoms with Gasteiger partial charge in [-0.05, 0) is 13.3 Å². The molecule has 0 saturated heterocycles. The highest BCUT2D eigenvalue weighted by Gasteiger charge is 2.09. The van der Waals surface area contributed by atoms with E-state index in [0.717, 1.165) is 6.42 Å². The summed E-state index contributed by atoms with van der Waals surface area (Å²) in [6.07, 6.45) is 0.474. The molecular formula is C7H17ClO3Si. The van der Waals surface area contributed by atoms with Crippen LogP contribution in [0, 0.1) is 0 Å². The molecule has 74 valence electrons. The van der Waals surface area contributed by atoms with E-state index in [1.165, 1.54) is 0 Å². The molecule has 0 amide bonds. The van der Waals surface area contributed by atoms with Crippen LogP contribution in [0.15, 0.2) is 0 Å². The SMILES string of the molecule is CCC(O[SiH2]CCl)OC(C)OC. The maximum absolute atomic E-state index is 5.52. The molecule has 12 heavy (non-hydrogen) atoms. The lowest BCUT2D eigenvalue weighted by atomic mass is 10.5. The molecule has 0 N–H and O–H groups in total. The molecule has 0 heterocycles. The predicted octanol–water partition coefficient (Wildman–Crippen LogP) is 1.03. The van der Waals surface area contributed by atoms with Crippen molar-refractivity contribution in [1.82, 2.24) is 0 Å². The minimum absolute atomic E-state index is 0.148. The van der Waals surface area contributed by atoms with Crippen LogP contribution in [0.4, 0.5) is 0 Å². The molecular weight excluding hydrogens is 196 g/mol. The monoisotopic (exact) mass is 212 g/mol. The van der Waals surface area contributed by atoms with Crippen molar-refractivity contribution >= 4 is 21.4 Å². The van der Waals surface area contributed by atoms with Gasteiger partial charge in [0.25, 0.3) is 0 Å². The van der Waals surface area contributed by atoms with Gasteiger partial charge in [0.15, 0.2) is 16.1 Å². The standard InChI is InChI=1S/C7H17ClO3Si/c1-4-7(11-12-5-8)10-6(2)9-3/h6-7H,4-5,12H2,1-3H3. The summed E-state index contributed by atoms with van der Waals surface area (Å²) < 4.78 is 15.7. The number of hydrogen-bond acceptors (Lipinski definition) is 3. The van der Waals surface area contributed by atoms with Crippen LogP contribution >= 0.6 is 11.6 Å². The molecule has 5 heteroatoms. The predicted molar refractivity (Wildman–Crippen MR) is 52.0 cm³/mol. The Kier molecular flexibility index (Phi) is 8.26. The summed E-state index contributed by atoms with van der Waals surface area (Å²) in [5.74, 6) is 0.